The molecule has 0 radical (unpaired) electrons. The van der Waals surface area contributed by atoms with E-state index in [1.54, 1.807) is 23.0 Å². The first-order valence-electron chi connectivity index (χ1n) is 11.8. The molecule has 0 aromatic carbocycles. The van der Waals surface area contributed by atoms with E-state index in [-0.39, 0.29) is 5.92 Å². The van der Waals surface area contributed by atoms with E-state index < -0.39 is 0 Å². The van der Waals surface area contributed by atoms with Crippen molar-refractivity contribution in [3.05, 3.63) is 30.4 Å². The number of pyridine rings is 1. The van der Waals surface area contributed by atoms with Gasteiger partial charge in [0, 0.05) is 49.0 Å². The molecule has 5 heterocycles. The van der Waals surface area contributed by atoms with Crippen molar-refractivity contribution >= 4 is 22.0 Å². The van der Waals surface area contributed by atoms with Crippen LogP contribution in [0.4, 0.5) is 5.00 Å². The Bertz CT molecular complexity index is 1290. The number of piperazine rings is 1. The van der Waals surface area contributed by atoms with Crippen LogP contribution in [0.2, 0.25) is 0 Å². The first-order valence-corrected chi connectivity index (χ1v) is 12.6. The Balaban J connectivity index is 1.49. The summed E-state index contributed by atoms with van der Waals surface area (Å²) in [4.78, 5) is 14.1. The molecule has 1 aliphatic rings. The molecule has 0 aliphatic carbocycles. The maximum Gasteiger partial charge on any atom is 0.197 e. The third-order valence-electron chi connectivity index (χ3n) is 6.60. The molecule has 9 nitrogen and oxygen atoms in total. The largest absolute Gasteiger partial charge is 0.493 e. The highest BCUT2D eigenvalue weighted by Crippen LogP contribution is 2.40. The summed E-state index contributed by atoms with van der Waals surface area (Å²) in [5.41, 5.74) is 4.62. The zero-order chi connectivity index (χ0) is 24.0. The van der Waals surface area contributed by atoms with Gasteiger partial charge in [0.2, 0.25) is 0 Å². The van der Waals surface area contributed by atoms with Crippen molar-refractivity contribution in [1.82, 2.24) is 34.7 Å². The standard InChI is InChI=1S/C24H32N8OS/c1-14(2)20-21(17-9-18(33-6)23-26-13-27-32(23)12-17)28-29-22(20)24-25-10-19(34-24)31-8-7-30(15(3)4)11-16(31)5/h9-10,12-16H,7-8,11H2,1-6H3,(H,28,29)/t16-/m1/s1. The minimum atomic E-state index is 0.252. The summed E-state index contributed by atoms with van der Waals surface area (Å²) >= 11 is 1.73. The van der Waals surface area contributed by atoms with Crippen molar-refractivity contribution in [2.24, 2.45) is 0 Å². The van der Waals surface area contributed by atoms with Crippen LogP contribution in [0.1, 0.15) is 46.1 Å². The fourth-order valence-corrected chi connectivity index (χ4v) is 5.82. The average molecular weight is 481 g/mol. The third-order valence-corrected chi connectivity index (χ3v) is 7.65. The summed E-state index contributed by atoms with van der Waals surface area (Å²) < 4.78 is 7.29. The number of nitrogens with zero attached hydrogens (tertiary/aromatic N) is 7. The maximum atomic E-state index is 5.56. The van der Waals surface area contributed by atoms with Crippen LogP contribution in [-0.4, -0.2) is 73.5 Å². The molecule has 5 rings (SSSR count). The van der Waals surface area contributed by atoms with Crippen LogP contribution < -0.4 is 9.64 Å². The monoisotopic (exact) mass is 480 g/mol. The van der Waals surface area contributed by atoms with Crippen molar-refractivity contribution in [2.75, 3.05) is 31.6 Å². The van der Waals surface area contributed by atoms with Crippen LogP contribution in [0.5, 0.6) is 5.75 Å². The van der Waals surface area contributed by atoms with E-state index in [1.165, 1.54) is 11.3 Å². The van der Waals surface area contributed by atoms with E-state index in [2.05, 4.69) is 59.6 Å². The number of thiazole rings is 1. The van der Waals surface area contributed by atoms with Crippen molar-refractivity contribution in [3.63, 3.8) is 0 Å². The molecule has 0 spiro atoms. The number of methoxy groups -OCH3 is 1. The van der Waals surface area contributed by atoms with Crippen molar-refractivity contribution in [1.29, 1.82) is 0 Å². The lowest BCUT2D eigenvalue weighted by molar-refractivity contribution is 0.186. The van der Waals surface area contributed by atoms with Gasteiger partial charge in [-0.25, -0.2) is 14.5 Å². The van der Waals surface area contributed by atoms with Gasteiger partial charge >= 0.3 is 0 Å². The molecule has 4 aromatic rings. The SMILES string of the molecule is COc1cc(-c2n[nH]c(-c3ncc(N4CCN(C(C)C)C[C@H]4C)s3)c2C(C)C)cn2ncnc12. The second-order valence-corrected chi connectivity index (χ2v) is 10.5. The lowest BCUT2D eigenvalue weighted by atomic mass is 9.97. The number of hydrogen-bond donors (Lipinski definition) is 1. The molecule has 180 valence electrons. The predicted octanol–water partition coefficient (Wildman–Crippen LogP) is 4.29. The van der Waals surface area contributed by atoms with Gasteiger partial charge in [-0.3, -0.25) is 10.00 Å². The zero-order valence-corrected chi connectivity index (χ0v) is 21.4. The predicted molar refractivity (Wildman–Crippen MR) is 136 cm³/mol. The van der Waals surface area contributed by atoms with E-state index in [0.717, 1.165) is 47.2 Å². The van der Waals surface area contributed by atoms with E-state index in [1.807, 2.05) is 18.5 Å². The fraction of sp³-hybridized carbons (Fsp3) is 0.500. The van der Waals surface area contributed by atoms with Crippen molar-refractivity contribution < 1.29 is 4.74 Å². The number of anilines is 1. The number of aromatic nitrogens is 6. The van der Waals surface area contributed by atoms with Crippen LogP contribution in [0.25, 0.3) is 27.6 Å². The summed E-state index contributed by atoms with van der Waals surface area (Å²) in [7, 11) is 1.65. The van der Waals surface area contributed by atoms with Crippen LogP contribution in [-0.2, 0) is 0 Å². The van der Waals surface area contributed by atoms with Gasteiger partial charge in [0.05, 0.1) is 24.7 Å². The Hall–Kier alpha value is -2.98. The van der Waals surface area contributed by atoms with Gasteiger partial charge in [0.15, 0.2) is 11.4 Å². The lowest BCUT2D eigenvalue weighted by Gasteiger charge is -2.42. The number of hydrogen-bond acceptors (Lipinski definition) is 8. The van der Waals surface area contributed by atoms with Crippen LogP contribution in [0.15, 0.2) is 24.8 Å². The van der Waals surface area contributed by atoms with E-state index >= 15 is 0 Å². The Labute approximate surface area is 203 Å². The Morgan fingerprint density at radius 3 is 2.71 bits per heavy atom. The van der Waals surface area contributed by atoms with E-state index in [0.29, 0.717) is 23.5 Å². The van der Waals surface area contributed by atoms with Gasteiger partial charge in [-0.2, -0.15) is 10.2 Å². The van der Waals surface area contributed by atoms with Crippen LogP contribution in [0.3, 0.4) is 0 Å². The van der Waals surface area contributed by atoms with Gasteiger partial charge in [-0.05, 0) is 32.8 Å². The quantitative estimate of drug-likeness (QED) is 0.440. The Morgan fingerprint density at radius 2 is 2.00 bits per heavy atom. The van der Waals surface area contributed by atoms with Crippen molar-refractivity contribution in [3.8, 4) is 27.7 Å². The number of ether oxygens (including phenoxy) is 1. The van der Waals surface area contributed by atoms with Gasteiger partial charge < -0.3 is 9.64 Å². The second kappa shape index (κ2) is 8.99. The van der Waals surface area contributed by atoms with Crippen molar-refractivity contribution in [2.45, 2.75) is 52.6 Å². The number of nitrogens with one attached hydrogen (secondary N) is 1. The van der Waals surface area contributed by atoms with Crippen LogP contribution in [0, 0.1) is 0 Å². The fourth-order valence-electron chi connectivity index (χ4n) is 4.77. The molecule has 1 saturated heterocycles. The minimum absolute atomic E-state index is 0.252. The van der Waals surface area contributed by atoms with Crippen LogP contribution >= 0.6 is 11.3 Å². The molecule has 1 aliphatic heterocycles. The highest BCUT2D eigenvalue weighted by atomic mass is 32.1. The normalized spacial score (nSPS) is 17.4. The molecular formula is C24H32N8OS. The highest BCUT2D eigenvalue weighted by Gasteiger charge is 2.28. The highest BCUT2D eigenvalue weighted by molar-refractivity contribution is 7.18. The molecular weight excluding hydrogens is 448 g/mol. The number of fused-ring (bicyclic) bond motifs is 1. The second-order valence-electron chi connectivity index (χ2n) is 9.48. The number of aromatic amines is 1. The van der Waals surface area contributed by atoms with E-state index in [9.17, 15) is 0 Å². The first-order chi connectivity index (χ1) is 16.4. The summed E-state index contributed by atoms with van der Waals surface area (Å²) in [6.45, 7) is 14.4. The lowest BCUT2D eigenvalue weighted by Crippen LogP contribution is -2.53. The topological polar surface area (TPSA) is 87.5 Å². The summed E-state index contributed by atoms with van der Waals surface area (Å²) in [6, 6.07) is 3.00. The molecule has 0 saturated carbocycles. The molecule has 0 unspecified atom stereocenters. The van der Waals surface area contributed by atoms with Gasteiger partial charge in [0.1, 0.15) is 16.3 Å². The molecule has 1 N–H and O–H groups in total. The summed E-state index contributed by atoms with van der Waals surface area (Å²) in [6.07, 6.45) is 5.48. The molecule has 0 bridgehead atoms. The minimum Gasteiger partial charge on any atom is -0.493 e. The maximum absolute atomic E-state index is 5.56. The smallest absolute Gasteiger partial charge is 0.197 e. The molecule has 34 heavy (non-hydrogen) atoms. The summed E-state index contributed by atoms with van der Waals surface area (Å²) in [5.74, 6) is 0.919. The first kappa shape index (κ1) is 22.8. The average Bonchev–Trinajstić information content (AvgIpc) is 3.56. The molecule has 0 amide bonds. The number of rotatable bonds is 6. The molecule has 1 fully saturated rings. The summed E-state index contributed by atoms with van der Waals surface area (Å²) in [5, 5.41) is 14.5. The Morgan fingerprint density at radius 1 is 1.18 bits per heavy atom. The zero-order valence-electron chi connectivity index (χ0n) is 20.6. The van der Waals surface area contributed by atoms with Gasteiger partial charge in [0.25, 0.3) is 0 Å². The third kappa shape index (κ3) is 3.94. The van der Waals surface area contributed by atoms with E-state index in [4.69, 9.17) is 14.8 Å². The molecule has 10 heteroatoms. The Kier molecular flexibility index (Phi) is 6.03. The molecule has 4 aromatic heterocycles. The number of H-pyrrole nitrogens is 1. The van der Waals surface area contributed by atoms with Gasteiger partial charge in [-0.1, -0.05) is 25.2 Å². The van der Waals surface area contributed by atoms with Gasteiger partial charge in [-0.15, -0.1) is 0 Å². The molecule has 1 atom stereocenters.